The van der Waals surface area contributed by atoms with E-state index in [0.717, 1.165) is 0 Å². The van der Waals surface area contributed by atoms with Crippen molar-refractivity contribution in [2.45, 2.75) is 105 Å². The van der Waals surface area contributed by atoms with Crippen molar-refractivity contribution in [2.75, 3.05) is 72.7 Å². The molecule has 0 aromatic carbocycles. The zero-order chi connectivity index (χ0) is 27.2. The van der Waals surface area contributed by atoms with Crippen LogP contribution in [-0.4, -0.2) is 115 Å². The molecule has 0 spiro atoms. The van der Waals surface area contributed by atoms with Crippen molar-refractivity contribution in [3.05, 3.63) is 0 Å². The lowest BCUT2D eigenvalue weighted by Gasteiger charge is -2.23. The Morgan fingerprint density at radius 2 is 0.639 bits per heavy atom. The topological polar surface area (TPSA) is 83.1 Å². The van der Waals surface area contributed by atoms with E-state index in [2.05, 4.69) is 0 Å². The number of ether oxygens (including phenoxy) is 9. The smallest absolute Gasteiger partial charge is 0.104 e. The van der Waals surface area contributed by atoms with Crippen LogP contribution >= 0.6 is 0 Å². The number of rotatable bonds is 26. The Bertz CT molecular complexity index is 435. The molecule has 0 bridgehead atoms. The molecule has 0 aliphatic rings. The highest BCUT2D eigenvalue weighted by Gasteiger charge is 2.15. The third kappa shape index (κ3) is 25.3. The lowest BCUT2D eigenvalue weighted by atomic mass is 10.3. The van der Waals surface area contributed by atoms with Gasteiger partial charge in [0.1, 0.15) is 6.10 Å². The summed E-state index contributed by atoms with van der Waals surface area (Å²) in [6.07, 6.45) is 0.244. The Morgan fingerprint density at radius 1 is 0.333 bits per heavy atom. The zero-order valence-corrected chi connectivity index (χ0v) is 24.5. The second kappa shape index (κ2) is 23.7. The highest BCUT2D eigenvalue weighted by Crippen LogP contribution is 2.04. The van der Waals surface area contributed by atoms with E-state index in [1.54, 1.807) is 0 Å². The molecule has 0 aromatic heterocycles. The quantitative estimate of drug-likeness (QED) is 0.156. The molecule has 3 unspecified atom stereocenters. The maximum absolute atomic E-state index is 6.06. The van der Waals surface area contributed by atoms with Gasteiger partial charge in [-0.15, -0.1) is 0 Å². The first-order chi connectivity index (χ1) is 17.1. The second-order valence-electron chi connectivity index (χ2n) is 9.83. The van der Waals surface area contributed by atoms with Crippen LogP contribution in [0.15, 0.2) is 0 Å². The van der Waals surface area contributed by atoms with Crippen LogP contribution in [0.4, 0.5) is 0 Å². The van der Waals surface area contributed by atoms with Crippen LogP contribution in [0.3, 0.4) is 0 Å². The average molecular weight is 525 g/mol. The van der Waals surface area contributed by atoms with Crippen LogP contribution < -0.4 is 0 Å². The zero-order valence-electron chi connectivity index (χ0n) is 24.5. The second-order valence-corrected chi connectivity index (χ2v) is 9.83. The van der Waals surface area contributed by atoms with Crippen molar-refractivity contribution in [1.29, 1.82) is 0 Å². The maximum Gasteiger partial charge on any atom is 0.104 e. The van der Waals surface area contributed by atoms with Crippen molar-refractivity contribution in [3.8, 4) is 0 Å². The van der Waals surface area contributed by atoms with Gasteiger partial charge in [0.05, 0.1) is 109 Å². The van der Waals surface area contributed by atoms with E-state index in [-0.39, 0.29) is 42.7 Å². The lowest BCUT2D eigenvalue weighted by molar-refractivity contribution is -0.114. The Labute approximate surface area is 220 Å². The average Bonchev–Trinajstić information content (AvgIpc) is 2.80. The minimum atomic E-state index is -0.226. The standard InChI is InChI=1S/C27H56O9/c1-21(2)30-10-13-33-24(7)16-28-19-27(36-18-26(9)35-15-12-32-23(5)6)20-29-17-25(8)34-14-11-31-22(3)4/h21-27H,10-20H2,1-9H3. The van der Waals surface area contributed by atoms with Gasteiger partial charge >= 0.3 is 0 Å². The largest absolute Gasteiger partial charge is 0.376 e. The first-order valence-electron chi connectivity index (χ1n) is 13.6. The molecule has 0 saturated carbocycles. The maximum atomic E-state index is 6.06. The molecule has 0 radical (unpaired) electrons. The van der Waals surface area contributed by atoms with E-state index in [0.29, 0.717) is 72.7 Å². The monoisotopic (exact) mass is 524 g/mol. The van der Waals surface area contributed by atoms with Crippen molar-refractivity contribution in [1.82, 2.24) is 0 Å². The molecule has 0 heterocycles. The molecule has 0 N–H and O–H groups in total. The molecular formula is C27H56O9. The summed E-state index contributed by atoms with van der Waals surface area (Å²) in [6, 6.07) is 0. The molecule has 0 aliphatic carbocycles. The predicted molar refractivity (Wildman–Crippen MR) is 141 cm³/mol. The fourth-order valence-corrected chi connectivity index (χ4v) is 2.89. The highest BCUT2D eigenvalue weighted by atomic mass is 16.6. The molecule has 0 aromatic rings. The molecule has 0 aliphatic heterocycles. The highest BCUT2D eigenvalue weighted by molar-refractivity contribution is 4.61. The summed E-state index contributed by atoms with van der Waals surface area (Å²) in [5, 5.41) is 0. The number of hydrogen-bond donors (Lipinski definition) is 0. The van der Waals surface area contributed by atoms with E-state index >= 15 is 0 Å². The fraction of sp³-hybridized carbons (Fsp3) is 1.00. The Morgan fingerprint density at radius 3 is 0.972 bits per heavy atom. The normalized spacial score (nSPS) is 15.7. The molecule has 0 rings (SSSR count). The minimum Gasteiger partial charge on any atom is -0.376 e. The van der Waals surface area contributed by atoms with E-state index < -0.39 is 0 Å². The van der Waals surface area contributed by atoms with Gasteiger partial charge in [-0.2, -0.15) is 0 Å². The summed E-state index contributed by atoms with van der Waals surface area (Å²) in [6.45, 7) is 23.5. The summed E-state index contributed by atoms with van der Waals surface area (Å²) in [4.78, 5) is 0. The van der Waals surface area contributed by atoms with E-state index in [4.69, 9.17) is 42.6 Å². The minimum absolute atomic E-state index is 0.0352. The number of hydrogen-bond acceptors (Lipinski definition) is 9. The summed E-state index contributed by atoms with van der Waals surface area (Å²) in [5.74, 6) is 0. The van der Waals surface area contributed by atoms with Crippen molar-refractivity contribution >= 4 is 0 Å². The van der Waals surface area contributed by atoms with Gasteiger partial charge in [0.25, 0.3) is 0 Å². The first kappa shape index (κ1) is 35.6. The van der Waals surface area contributed by atoms with Crippen LogP contribution in [0.25, 0.3) is 0 Å². The summed E-state index contributed by atoms with van der Waals surface area (Å²) in [5.41, 5.74) is 0. The van der Waals surface area contributed by atoms with Gasteiger partial charge in [0.2, 0.25) is 0 Å². The van der Waals surface area contributed by atoms with E-state index in [1.165, 1.54) is 0 Å². The molecule has 9 heteroatoms. The Balaban J connectivity index is 4.33. The first-order valence-corrected chi connectivity index (χ1v) is 13.6. The summed E-state index contributed by atoms with van der Waals surface area (Å²) < 4.78 is 51.6. The van der Waals surface area contributed by atoms with Gasteiger partial charge in [-0.25, -0.2) is 0 Å². The van der Waals surface area contributed by atoms with Gasteiger partial charge < -0.3 is 42.6 Å². The third-order valence-electron chi connectivity index (χ3n) is 4.69. The molecular weight excluding hydrogens is 468 g/mol. The summed E-state index contributed by atoms with van der Waals surface area (Å²) >= 11 is 0. The molecule has 0 fully saturated rings. The van der Waals surface area contributed by atoms with Gasteiger partial charge in [-0.1, -0.05) is 0 Å². The Kier molecular flexibility index (Phi) is 23.5. The predicted octanol–water partition coefficient (Wildman–Crippen LogP) is 3.90. The van der Waals surface area contributed by atoms with Crippen molar-refractivity contribution < 1.29 is 42.6 Å². The van der Waals surface area contributed by atoms with Crippen LogP contribution in [-0.2, 0) is 42.6 Å². The van der Waals surface area contributed by atoms with Gasteiger partial charge in [0, 0.05) is 0 Å². The summed E-state index contributed by atoms with van der Waals surface area (Å²) in [7, 11) is 0. The molecule has 3 atom stereocenters. The lowest BCUT2D eigenvalue weighted by Crippen LogP contribution is -2.32. The van der Waals surface area contributed by atoms with Crippen molar-refractivity contribution in [3.63, 3.8) is 0 Å². The van der Waals surface area contributed by atoms with Crippen LogP contribution in [0.2, 0.25) is 0 Å². The molecule has 9 nitrogen and oxygen atoms in total. The Hall–Kier alpha value is -0.360. The van der Waals surface area contributed by atoms with Gasteiger partial charge in [-0.05, 0) is 62.3 Å². The SMILES string of the molecule is CC(C)OCCOC(C)COCC(COCC(C)OCCOC(C)C)OCC(C)OCCOC(C)C. The van der Waals surface area contributed by atoms with Gasteiger partial charge in [0.15, 0.2) is 0 Å². The molecule has 0 saturated heterocycles. The third-order valence-corrected chi connectivity index (χ3v) is 4.69. The van der Waals surface area contributed by atoms with E-state index in [1.807, 2.05) is 62.3 Å². The van der Waals surface area contributed by atoms with Crippen LogP contribution in [0.1, 0.15) is 62.3 Å². The van der Waals surface area contributed by atoms with Crippen molar-refractivity contribution in [2.24, 2.45) is 0 Å². The fourth-order valence-electron chi connectivity index (χ4n) is 2.89. The molecule has 0 amide bonds. The van der Waals surface area contributed by atoms with Crippen LogP contribution in [0.5, 0.6) is 0 Å². The van der Waals surface area contributed by atoms with Crippen LogP contribution in [0, 0.1) is 0 Å². The molecule has 218 valence electrons. The van der Waals surface area contributed by atoms with Gasteiger partial charge in [-0.3, -0.25) is 0 Å². The van der Waals surface area contributed by atoms with E-state index in [9.17, 15) is 0 Å². The molecule has 36 heavy (non-hydrogen) atoms.